The van der Waals surface area contributed by atoms with Gasteiger partial charge in [0.15, 0.2) is 5.69 Å². The maximum absolute atomic E-state index is 12.0. The minimum absolute atomic E-state index is 0.254. The molecular weight excluding hydrogens is 264 g/mol. The van der Waals surface area contributed by atoms with E-state index in [1.54, 1.807) is 11.7 Å². The number of hydrogen-bond donors (Lipinski definition) is 1. The molecule has 5 nitrogen and oxygen atoms in total. The molecule has 1 aromatic heterocycles. The first kappa shape index (κ1) is 13.1. The summed E-state index contributed by atoms with van der Waals surface area (Å²) in [5, 5.41) is 10.8. The maximum atomic E-state index is 12.0. The van der Waals surface area contributed by atoms with E-state index in [0.29, 0.717) is 11.4 Å². The first-order valence-corrected chi connectivity index (χ1v) is 6.60. The monoisotopic (exact) mass is 278 g/mol. The number of carbonyl (C=O) groups excluding carboxylic acids is 1. The highest BCUT2D eigenvalue weighted by molar-refractivity contribution is 5.98. The minimum atomic E-state index is -0.254. The number of para-hydroxylation sites is 1. The molecule has 3 aromatic rings. The lowest BCUT2D eigenvalue weighted by atomic mass is 10.1. The molecular formula is C16H14N4O. The Morgan fingerprint density at radius 3 is 2.24 bits per heavy atom. The lowest BCUT2D eigenvalue weighted by molar-refractivity contribution is 0.0959. The summed E-state index contributed by atoms with van der Waals surface area (Å²) < 4.78 is 1.68. The van der Waals surface area contributed by atoms with Crippen molar-refractivity contribution in [2.75, 3.05) is 7.05 Å². The van der Waals surface area contributed by atoms with Gasteiger partial charge in [0.05, 0.1) is 5.69 Å². The van der Waals surface area contributed by atoms with Crippen LogP contribution in [0.3, 0.4) is 0 Å². The van der Waals surface area contributed by atoms with Gasteiger partial charge in [-0.25, -0.2) is 4.68 Å². The molecule has 0 bridgehead atoms. The Bertz CT molecular complexity index is 750. The highest BCUT2D eigenvalue weighted by Crippen LogP contribution is 2.24. The van der Waals surface area contributed by atoms with Crippen LogP contribution in [0, 0.1) is 0 Å². The highest BCUT2D eigenvalue weighted by atomic mass is 16.1. The highest BCUT2D eigenvalue weighted by Gasteiger charge is 2.20. The molecule has 1 amide bonds. The maximum Gasteiger partial charge on any atom is 0.273 e. The van der Waals surface area contributed by atoms with E-state index in [2.05, 4.69) is 15.6 Å². The quantitative estimate of drug-likeness (QED) is 0.799. The molecule has 1 heterocycles. The van der Waals surface area contributed by atoms with Gasteiger partial charge < -0.3 is 5.32 Å². The fourth-order valence-corrected chi connectivity index (χ4v) is 2.16. The summed E-state index contributed by atoms with van der Waals surface area (Å²) in [4.78, 5) is 12.0. The minimum Gasteiger partial charge on any atom is -0.354 e. The summed E-state index contributed by atoms with van der Waals surface area (Å²) in [6, 6.07) is 19.3. The predicted molar refractivity (Wildman–Crippen MR) is 80.2 cm³/mol. The number of hydrogen-bond acceptors (Lipinski definition) is 3. The van der Waals surface area contributed by atoms with Crippen LogP contribution in [-0.2, 0) is 0 Å². The first-order valence-electron chi connectivity index (χ1n) is 6.60. The van der Waals surface area contributed by atoms with Crippen molar-refractivity contribution in [2.45, 2.75) is 0 Å². The van der Waals surface area contributed by atoms with Gasteiger partial charge >= 0.3 is 0 Å². The van der Waals surface area contributed by atoms with Crippen molar-refractivity contribution >= 4 is 5.91 Å². The van der Waals surface area contributed by atoms with Crippen LogP contribution in [0.4, 0.5) is 0 Å². The molecule has 21 heavy (non-hydrogen) atoms. The summed E-state index contributed by atoms with van der Waals surface area (Å²) in [6.45, 7) is 0. The third-order valence-electron chi connectivity index (χ3n) is 3.16. The van der Waals surface area contributed by atoms with Crippen molar-refractivity contribution in [1.82, 2.24) is 20.3 Å². The number of amides is 1. The van der Waals surface area contributed by atoms with E-state index in [4.69, 9.17) is 0 Å². The molecule has 5 heteroatoms. The zero-order chi connectivity index (χ0) is 14.7. The fourth-order valence-electron chi connectivity index (χ4n) is 2.16. The van der Waals surface area contributed by atoms with Gasteiger partial charge in [0.25, 0.3) is 5.91 Å². The Morgan fingerprint density at radius 2 is 1.62 bits per heavy atom. The topological polar surface area (TPSA) is 59.8 Å². The summed E-state index contributed by atoms with van der Waals surface area (Å²) in [6.07, 6.45) is 0. The van der Waals surface area contributed by atoms with Crippen LogP contribution in [0.15, 0.2) is 60.7 Å². The molecule has 0 aliphatic heterocycles. The Labute approximate surface area is 122 Å². The number of nitrogens with one attached hydrogen (secondary N) is 1. The zero-order valence-corrected chi connectivity index (χ0v) is 11.5. The van der Waals surface area contributed by atoms with E-state index in [-0.39, 0.29) is 5.91 Å². The third kappa shape index (κ3) is 2.41. The Morgan fingerprint density at radius 1 is 1.00 bits per heavy atom. The Hall–Kier alpha value is -2.95. The van der Waals surface area contributed by atoms with Crippen molar-refractivity contribution in [3.63, 3.8) is 0 Å². The standard InChI is InChI=1S/C16H14N4O/c1-17-16(21)14-15(12-8-4-2-5-9-12)20(19-18-14)13-10-6-3-7-11-13/h2-11H,1H3,(H,17,21). The first-order chi connectivity index (χ1) is 10.3. The van der Waals surface area contributed by atoms with E-state index in [0.717, 1.165) is 11.3 Å². The number of aromatic nitrogens is 3. The van der Waals surface area contributed by atoms with E-state index in [1.807, 2.05) is 60.7 Å². The van der Waals surface area contributed by atoms with Crippen LogP contribution in [0.2, 0.25) is 0 Å². The molecule has 0 atom stereocenters. The second kappa shape index (κ2) is 5.58. The van der Waals surface area contributed by atoms with E-state index in [1.165, 1.54) is 0 Å². The second-order valence-electron chi connectivity index (χ2n) is 4.48. The van der Waals surface area contributed by atoms with Crippen LogP contribution in [0.1, 0.15) is 10.5 Å². The smallest absolute Gasteiger partial charge is 0.273 e. The van der Waals surface area contributed by atoms with Gasteiger partial charge in [0.1, 0.15) is 5.69 Å². The summed E-state index contributed by atoms with van der Waals surface area (Å²) in [7, 11) is 1.58. The van der Waals surface area contributed by atoms with Gasteiger partial charge in [-0.3, -0.25) is 4.79 Å². The van der Waals surface area contributed by atoms with Gasteiger partial charge in [0, 0.05) is 12.6 Å². The Balaban J connectivity index is 2.23. The molecule has 1 N–H and O–H groups in total. The van der Waals surface area contributed by atoms with Crippen LogP contribution in [0.25, 0.3) is 16.9 Å². The van der Waals surface area contributed by atoms with Crippen molar-refractivity contribution in [3.05, 3.63) is 66.4 Å². The van der Waals surface area contributed by atoms with Crippen molar-refractivity contribution in [1.29, 1.82) is 0 Å². The average Bonchev–Trinajstić information content (AvgIpc) is 3.00. The van der Waals surface area contributed by atoms with E-state index in [9.17, 15) is 4.79 Å². The molecule has 0 saturated heterocycles. The van der Waals surface area contributed by atoms with Gasteiger partial charge in [-0.2, -0.15) is 0 Å². The molecule has 2 aromatic carbocycles. The number of benzene rings is 2. The van der Waals surface area contributed by atoms with Gasteiger partial charge in [-0.1, -0.05) is 53.7 Å². The predicted octanol–water partition coefficient (Wildman–Crippen LogP) is 2.29. The molecule has 0 aliphatic rings. The molecule has 3 rings (SSSR count). The van der Waals surface area contributed by atoms with Crippen molar-refractivity contribution in [2.24, 2.45) is 0 Å². The molecule has 0 aliphatic carbocycles. The summed E-state index contributed by atoms with van der Waals surface area (Å²) in [5.41, 5.74) is 2.75. The van der Waals surface area contributed by atoms with Gasteiger partial charge in [-0.15, -0.1) is 5.10 Å². The zero-order valence-electron chi connectivity index (χ0n) is 11.5. The molecule has 0 radical (unpaired) electrons. The van der Waals surface area contributed by atoms with E-state index >= 15 is 0 Å². The number of carbonyl (C=O) groups is 1. The average molecular weight is 278 g/mol. The lowest BCUT2D eigenvalue weighted by Gasteiger charge is -2.07. The lowest BCUT2D eigenvalue weighted by Crippen LogP contribution is -2.19. The largest absolute Gasteiger partial charge is 0.354 e. The number of rotatable bonds is 3. The SMILES string of the molecule is CNC(=O)c1nnn(-c2ccccc2)c1-c1ccccc1. The van der Waals surface area contributed by atoms with Gasteiger partial charge in [0.2, 0.25) is 0 Å². The molecule has 0 fully saturated rings. The fraction of sp³-hybridized carbons (Fsp3) is 0.0625. The molecule has 0 unspecified atom stereocenters. The Kier molecular flexibility index (Phi) is 3.47. The van der Waals surface area contributed by atoms with Crippen LogP contribution in [-0.4, -0.2) is 27.9 Å². The van der Waals surface area contributed by atoms with Crippen LogP contribution in [0.5, 0.6) is 0 Å². The summed E-state index contributed by atoms with van der Waals surface area (Å²) in [5.74, 6) is -0.254. The summed E-state index contributed by atoms with van der Waals surface area (Å²) >= 11 is 0. The van der Waals surface area contributed by atoms with Crippen molar-refractivity contribution in [3.8, 4) is 16.9 Å². The van der Waals surface area contributed by atoms with Crippen LogP contribution < -0.4 is 5.32 Å². The molecule has 0 saturated carbocycles. The molecule has 104 valence electrons. The van der Waals surface area contributed by atoms with E-state index < -0.39 is 0 Å². The van der Waals surface area contributed by atoms with Gasteiger partial charge in [-0.05, 0) is 12.1 Å². The molecule has 0 spiro atoms. The second-order valence-corrected chi connectivity index (χ2v) is 4.48. The number of nitrogens with zero attached hydrogens (tertiary/aromatic N) is 3. The normalized spacial score (nSPS) is 10.3. The van der Waals surface area contributed by atoms with Crippen LogP contribution >= 0.6 is 0 Å². The third-order valence-corrected chi connectivity index (χ3v) is 3.16. The van der Waals surface area contributed by atoms with Crippen molar-refractivity contribution < 1.29 is 4.79 Å².